The van der Waals surface area contributed by atoms with Crippen molar-refractivity contribution in [2.24, 2.45) is 4.99 Å². The number of rotatable bonds is 6. The molecule has 186 valence electrons. The smallest absolute Gasteiger partial charge is 0.283 e. The molecular formula is C23H24ClN3O5S3. The monoisotopic (exact) mass is 553 g/mol. The summed E-state index contributed by atoms with van der Waals surface area (Å²) < 4.78 is 29.1. The number of ether oxygens (including phenoxy) is 1. The molecule has 1 aromatic heterocycles. The van der Waals surface area contributed by atoms with E-state index in [1.54, 1.807) is 31.3 Å². The number of carbonyl (C=O) groups excluding carboxylic acids is 2. The highest BCUT2D eigenvalue weighted by Gasteiger charge is 2.36. The lowest BCUT2D eigenvalue weighted by Gasteiger charge is -2.24. The third kappa shape index (κ3) is 5.58. The van der Waals surface area contributed by atoms with Crippen molar-refractivity contribution in [2.45, 2.75) is 19.4 Å². The van der Waals surface area contributed by atoms with E-state index in [-0.39, 0.29) is 40.8 Å². The molecule has 1 fully saturated rings. The van der Waals surface area contributed by atoms with E-state index in [4.69, 9.17) is 16.3 Å². The van der Waals surface area contributed by atoms with Crippen LogP contribution in [0.5, 0.6) is 5.75 Å². The number of amidine groups is 1. The average Bonchev–Trinajstić information content (AvgIpc) is 3.48. The van der Waals surface area contributed by atoms with E-state index in [0.717, 1.165) is 22.2 Å². The van der Waals surface area contributed by atoms with Crippen molar-refractivity contribution < 1.29 is 22.7 Å². The van der Waals surface area contributed by atoms with Crippen LogP contribution in [0.1, 0.15) is 16.9 Å². The Morgan fingerprint density at radius 3 is 2.80 bits per heavy atom. The summed E-state index contributed by atoms with van der Waals surface area (Å²) in [6.07, 6.45) is 2.16. The molecule has 0 N–H and O–H groups in total. The first-order chi connectivity index (χ1) is 16.6. The third-order valence-electron chi connectivity index (χ3n) is 5.86. The third-order valence-corrected chi connectivity index (χ3v) is 9.73. The van der Waals surface area contributed by atoms with Gasteiger partial charge in [0.05, 0.1) is 30.1 Å². The van der Waals surface area contributed by atoms with Gasteiger partial charge in [0.15, 0.2) is 15.0 Å². The first-order valence-corrected chi connectivity index (χ1v) is 14.8. The number of carbonyl (C=O) groups is 2. The summed E-state index contributed by atoms with van der Waals surface area (Å²) in [5.41, 5.74) is 1.69. The van der Waals surface area contributed by atoms with Gasteiger partial charge in [-0.25, -0.2) is 18.3 Å². The van der Waals surface area contributed by atoms with Crippen LogP contribution >= 0.6 is 34.7 Å². The zero-order valence-corrected chi connectivity index (χ0v) is 22.6. The molecule has 2 amide bonds. The van der Waals surface area contributed by atoms with Gasteiger partial charge in [-0.2, -0.15) is 0 Å². The number of methoxy groups -OCH3 is 1. The van der Waals surface area contributed by atoms with Crippen molar-refractivity contribution in [1.82, 2.24) is 4.90 Å². The van der Waals surface area contributed by atoms with Gasteiger partial charge in [-0.1, -0.05) is 23.4 Å². The number of sulfone groups is 1. The number of benzene rings is 1. The summed E-state index contributed by atoms with van der Waals surface area (Å²) in [6.45, 7) is 1.96. The molecule has 8 nitrogen and oxygen atoms in total. The highest BCUT2D eigenvalue weighted by molar-refractivity contribution is 8.14. The normalized spacial score (nSPS) is 20.4. The lowest BCUT2D eigenvalue weighted by molar-refractivity contribution is -0.128. The van der Waals surface area contributed by atoms with Gasteiger partial charge in [-0.05, 0) is 54.6 Å². The Balaban J connectivity index is 1.62. The molecule has 1 aromatic carbocycles. The fraction of sp³-hybridized carbons (Fsp3) is 0.348. The zero-order chi connectivity index (χ0) is 25.3. The lowest BCUT2D eigenvalue weighted by atomic mass is 10.2. The molecule has 1 saturated heterocycles. The molecule has 1 atom stereocenters. The van der Waals surface area contributed by atoms with Crippen LogP contribution in [0.4, 0.5) is 5.69 Å². The summed E-state index contributed by atoms with van der Waals surface area (Å²) in [5.74, 6) is -0.116. The number of thiophene rings is 1. The minimum absolute atomic E-state index is 0.0101. The summed E-state index contributed by atoms with van der Waals surface area (Å²) in [5, 5.41) is 2.68. The number of hydrogen-bond acceptors (Lipinski definition) is 8. The molecule has 0 aliphatic carbocycles. The fourth-order valence-electron chi connectivity index (χ4n) is 3.81. The second-order valence-corrected chi connectivity index (χ2v) is 12.8. The molecule has 2 aromatic rings. The molecule has 0 bridgehead atoms. The molecule has 35 heavy (non-hydrogen) atoms. The van der Waals surface area contributed by atoms with Crippen LogP contribution < -0.4 is 9.64 Å². The van der Waals surface area contributed by atoms with Crippen molar-refractivity contribution in [1.29, 1.82) is 0 Å². The van der Waals surface area contributed by atoms with Gasteiger partial charge >= 0.3 is 0 Å². The van der Waals surface area contributed by atoms with Crippen molar-refractivity contribution in [3.63, 3.8) is 0 Å². The van der Waals surface area contributed by atoms with Gasteiger partial charge < -0.3 is 9.64 Å². The van der Waals surface area contributed by atoms with Crippen LogP contribution in [-0.2, 0) is 19.4 Å². The van der Waals surface area contributed by atoms with E-state index in [1.807, 2.05) is 18.4 Å². The quantitative estimate of drug-likeness (QED) is 0.504. The summed E-state index contributed by atoms with van der Waals surface area (Å²) >= 11 is 8.84. The van der Waals surface area contributed by atoms with E-state index in [9.17, 15) is 18.0 Å². The number of aryl methyl sites for hydroxylation is 1. The van der Waals surface area contributed by atoms with Crippen LogP contribution in [-0.4, -0.2) is 67.8 Å². The Kier molecular flexibility index (Phi) is 7.60. The molecule has 0 saturated carbocycles. The highest BCUT2D eigenvalue weighted by atomic mass is 35.5. The van der Waals surface area contributed by atoms with Gasteiger partial charge in [0.2, 0.25) is 5.91 Å². The zero-order valence-electron chi connectivity index (χ0n) is 19.4. The van der Waals surface area contributed by atoms with E-state index < -0.39 is 9.84 Å². The molecule has 3 heterocycles. The lowest BCUT2D eigenvalue weighted by Crippen LogP contribution is -2.39. The maximum absolute atomic E-state index is 13.5. The minimum atomic E-state index is -3.11. The van der Waals surface area contributed by atoms with Crippen molar-refractivity contribution in [2.75, 3.05) is 36.3 Å². The molecular weight excluding hydrogens is 530 g/mol. The number of hydrogen-bond donors (Lipinski definition) is 0. The maximum Gasteiger partial charge on any atom is 0.283 e. The first kappa shape index (κ1) is 25.7. The maximum atomic E-state index is 13.5. The first-order valence-electron chi connectivity index (χ1n) is 10.7. The van der Waals surface area contributed by atoms with E-state index in [1.165, 1.54) is 28.2 Å². The fourth-order valence-corrected chi connectivity index (χ4v) is 7.54. The molecule has 0 spiro atoms. The van der Waals surface area contributed by atoms with Gasteiger partial charge in [0.1, 0.15) is 11.4 Å². The number of amides is 2. The highest BCUT2D eigenvalue weighted by Crippen LogP contribution is 2.37. The molecule has 4 rings (SSSR count). The van der Waals surface area contributed by atoms with E-state index >= 15 is 0 Å². The van der Waals surface area contributed by atoms with Gasteiger partial charge in [-0.3, -0.25) is 9.59 Å². The number of thioether (sulfide) groups is 1. The minimum Gasteiger partial charge on any atom is -0.495 e. The van der Waals surface area contributed by atoms with E-state index in [2.05, 4.69) is 4.99 Å². The summed E-state index contributed by atoms with van der Waals surface area (Å²) in [4.78, 5) is 34.7. The van der Waals surface area contributed by atoms with E-state index in [0.29, 0.717) is 28.0 Å². The summed E-state index contributed by atoms with van der Waals surface area (Å²) in [7, 11) is -0.00749. The topological polar surface area (TPSA) is 96.3 Å². The number of nitrogens with zero attached hydrogens (tertiary/aromatic N) is 3. The molecule has 2 aliphatic heterocycles. The van der Waals surface area contributed by atoms with Gasteiger partial charge in [0.25, 0.3) is 5.91 Å². The van der Waals surface area contributed by atoms with Crippen LogP contribution in [0.25, 0.3) is 6.08 Å². The average molecular weight is 554 g/mol. The second-order valence-electron chi connectivity index (χ2n) is 8.20. The van der Waals surface area contributed by atoms with Crippen molar-refractivity contribution >= 4 is 73.3 Å². The Labute approximate surface area is 217 Å². The Morgan fingerprint density at radius 1 is 1.40 bits per heavy atom. The van der Waals surface area contributed by atoms with Crippen LogP contribution in [0.15, 0.2) is 40.3 Å². The second kappa shape index (κ2) is 10.3. The predicted molar refractivity (Wildman–Crippen MR) is 142 cm³/mol. The summed E-state index contributed by atoms with van der Waals surface area (Å²) in [6, 6.07) is 6.56. The number of halogens is 1. The van der Waals surface area contributed by atoms with Crippen molar-refractivity contribution in [3.8, 4) is 5.75 Å². The standard InChI is InChI=1S/C23H24ClN3O5S3/c1-14-6-8-33-20(14)11-17-22(29)27(18-10-15(24)4-5-19(18)32-3)23(25-17)34-12-21(28)26(2)16-7-9-35(30,31)13-16/h4-6,8,10-11,16H,7,9,12-13H2,1-3H3/b17-11-. The Morgan fingerprint density at radius 2 is 2.17 bits per heavy atom. The predicted octanol–water partition coefficient (Wildman–Crippen LogP) is 3.84. The van der Waals surface area contributed by atoms with Crippen LogP contribution in [0.3, 0.4) is 0 Å². The van der Waals surface area contributed by atoms with Crippen LogP contribution in [0, 0.1) is 6.92 Å². The van der Waals surface area contributed by atoms with Gasteiger partial charge in [-0.15, -0.1) is 11.3 Å². The Bertz CT molecular complexity index is 1340. The largest absolute Gasteiger partial charge is 0.495 e. The van der Waals surface area contributed by atoms with Crippen LogP contribution in [0.2, 0.25) is 5.02 Å². The van der Waals surface area contributed by atoms with Gasteiger partial charge in [0, 0.05) is 23.0 Å². The molecule has 2 aliphatic rings. The molecule has 0 radical (unpaired) electrons. The number of anilines is 1. The van der Waals surface area contributed by atoms with Crippen molar-refractivity contribution in [3.05, 3.63) is 50.8 Å². The molecule has 12 heteroatoms. The SMILES string of the molecule is COc1ccc(Cl)cc1N1C(=O)/C(=C/c2sccc2C)N=C1SCC(=O)N(C)C1CCS(=O)(=O)C1. The Hall–Kier alpha value is -2.34. The number of aliphatic imine (C=N–C) groups is 1. The molecule has 1 unspecified atom stereocenters.